The Morgan fingerprint density at radius 3 is 2.63 bits per heavy atom. The largest absolute Gasteiger partial charge is 0.382 e. The van der Waals surface area contributed by atoms with Gasteiger partial charge in [0.05, 0.1) is 5.92 Å². The highest BCUT2D eigenvalue weighted by Gasteiger charge is 2.17. The molecule has 96 valence electrons. The van der Waals surface area contributed by atoms with Crippen LogP contribution in [-0.2, 0) is 0 Å². The van der Waals surface area contributed by atoms with Crippen molar-refractivity contribution >= 4 is 17.0 Å². The van der Waals surface area contributed by atoms with Gasteiger partial charge in [-0.05, 0) is 5.56 Å². The number of hydrogen-bond acceptors (Lipinski definition) is 5. The molecule has 0 spiro atoms. The smallest absolute Gasteiger partial charge is 0.183 e. The van der Waals surface area contributed by atoms with E-state index >= 15 is 0 Å². The van der Waals surface area contributed by atoms with E-state index in [4.69, 9.17) is 11.5 Å². The lowest BCUT2D eigenvalue weighted by atomic mass is 9.99. The van der Waals surface area contributed by atoms with Gasteiger partial charge in [-0.15, -0.1) is 0 Å². The molecule has 0 fully saturated rings. The van der Waals surface area contributed by atoms with Gasteiger partial charge < -0.3 is 16.5 Å². The summed E-state index contributed by atoms with van der Waals surface area (Å²) < 4.78 is 0. The summed E-state index contributed by atoms with van der Waals surface area (Å²) in [7, 11) is 0. The minimum absolute atomic E-state index is 0.00481. The van der Waals surface area contributed by atoms with Crippen LogP contribution >= 0.6 is 0 Å². The number of nitrogens with one attached hydrogen (secondary N) is 1. The summed E-state index contributed by atoms with van der Waals surface area (Å²) in [5, 5.41) is 0. The molecule has 1 aromatic carbocycles. The first-order valence-corrected chi connectivity index (χ1v) is 6.00. The van der Waals surface area contributed by atoms with Gasteiger partial charge in [0, 0.05) is 6.54 Å². The minimum atomic E-state index is -0.00481. The molecule has 0 aliphatic carbocycles. The number of aromatic nitrogens is 4. The lowest BCUT2D eigenvalue weighted by Gasteiger charge is -2.11. The maximum Gasteiger partial charge on any atom is 0.183 e. The van der Waals surface area contributed by atoms with Crippen molar-refractivity contribution in [1.29, 1.82) is 0 Å². The third-order valence-electron chi connectivity index (χ3n) is 3.10. The maximum absolute atomic E-state index is 5.87. The number of nitrogen functional groups attached to an aromatic ring is 1. The third-order valence-corrected chi connectivity index (χ3v) is 3.10. The average Bonchev–Trinajstić information content (AvgIpc) is 2.86. The zero-order chi connectivity index (χ0) is 13.2. The van der Waals surface area contributed by atoms with Crippen molar-refractivity contribution in [3.8, 4) is 0 Å². The Hall–Kier alpha value is -2.47. The van der Waals surface area contributed by atoms with E-state index in [9.17, 15) is 0 Å². The van der Waals surface area contributed by atoms with Gasteiger partial charge in [-0.1, -0.05) is 30.3 Å². The standard InChI is InChI=1S/C13H14N6/c14-6-9(8-4-2-1-3-5-8)12-18-10-11(15)16-7-17-13(10)19-12/h1-5,7,9H,6,14H2,(H3,15,16,17,18,19). The van der Waals surface area contributed by atoms with Crippen molar-refractivity contribution in [1.82, 2.24) is 19.9 Å². The van der Waals surface area contributed by atoms with Crippen molar-refractivity contribution < 1.29 is 0 Å². The van der Waals surface area contributed by atoms with E-state index in [2.05, 4.69) is 19.9 Å². The fraction of sp³-hybridized carbons (Fsp3) is 0.154. The van der Waals surface area contributed by atoms with Crippen LogP contribution in [0.25, 0.3) is 11.2 Å². The molecule has 3 aromatic rings. The zero-order valence-electron chi connectivity index (χ0n) is 10.2. The number of nitrogens with two attached hydrogens (primary N) is 2. The van der Waals surface area contributed by atoms with Crippen LogP contribution < -0.4 is 11.5 Å². The van der Waals surface area contributed by atoms with Crippen LogP contribution in [0.4, 0.5) is 5.82 Å². The number of rotatable bonds is 3. The summed E-state index contributed by atoms with van der Waals surface area (Å²) in [6.07, 6.45) is 1.41. The van der Waals surface area contributed by atoms with Crippen molar-refractivity contribution in [3.63, 3.8) is 0 Å². The molecule has 6 nitrogen and oxygen atoms in total. The predicted molar refractivity (Wildman–Crippen MR) is 73.4 cm³/mol. The molecule has 0 saturated heterocycles. The zero-order valence-corrected chi connectivity index (χ0v) is 10.2. The van der Waals surface area contributed by atoms with E-state index in [0.29, 0.717) is 23.5 Å². The third kappa shape index (κ3) is 2.02. The van der Waals surface area contributed by atoms with Gasteiger partial charge in [-0.25, -0.2) is 15.0 Å². The lowest BCUT2D eigenvalue weighted by Crippen LogP contribution is -2.15. The number of anilines is 1. The van der Waals surface area contributed by atoms with Crippen molar-refractivity contribution in [2.45, 2.75) is 5.92 Å². The molecule has 2 heterocycles. The van der Waals surface area contributed by atoms with E-state index in [-0.39, 0.29) is 5.92 Å². The van der Waals surface area contributed by atoms with Crippen LogP contribution in [0.1, 0.15) is 17.3 Å². The van der Waals surface area contributed by atoms with Crippen LogP contribution in [0.2, 0.25) is 0 Å². The number of aromatic amines is 1. The first-order valence-electron chi connectivity index (χ1n) is 6.00. The number of benzene rings is 1. The fourth-order valence-corrected chi connectivity index (χ4v) is 2.12. The molecule has 1 atom stereocenters. The molecule has 0 aliphatic heterocycles. The van der Waals surface area contributed by atoms with Gasteiger partial charge in [-0.3, -0.25) is 0 Å². The van der Waals surface area contributed by atoms with E-state index in [0.717, 1.165) is 11.4 Å². The highest BCUT2D eigenvalue weighted by atomic mass is 15.1. The van der Waals surface area contributed by atoms with Crippen LogP contribution in [0.15, 0.2) is 36.7 Å². The van der Waals surface area contributed by atoms with E-state index in [1.54, 1.807) is 0 Å². The molecule has 2 aromatic heterocycles. The lowest BCUT2D eigenvalue weighted by molar-refractivity contribution is 0.768. The summed E-state index contributed by atoms with van der Waals surface area (Å²) in [4.78, 5) is 15.7. The normalized spacial score (nSPS) is 12.7. The second kappa shape index (κ2) is 4.66. The summed E-state index contributed by atoms with van der Waals surface area (Å²) >= 11 is 0. The Balaban J connectivity index is 2.09. The van der Waals surface area contributed by atoms with Gasteiger partial charge in [0.15, 0.2) is 11.5 Å². The van der Waals surface area contributed by atoms with Crippen LogP contribution in [0.3, 0.4) is 0 Å². The second-order valence-electron chi connectivity index (χ2n) is 4.28. The van der Waals surface area contributed by atoms with Gasteiger partial charge in [0.2, 0.25) is 0 Å². The molecule has 0 amide bonds. The first kappa shape index (κ1) is 11.6. The Labute approximate surface area is 109 Å². The Morgan fingerprint density at radius 1 is 1.16 bits per heavy atom. The van der Waals surface area contributed by atoms with Gasteiger partial charge in [0.25, 0.3) is 0 Å². The van der Waals surface area contributed by atoms with E-state index in [1.165, 1.54) is 6.33 Å². The van der Waals surface area contributed by atoms with Crippen LogP contribution in [-0.4, -0.2) is 26.5 Å². The molecule has 5 N–H and O–H groups in total. The highest BCUT2D eigenvalue weighted by Crippen LogP contribution is 2.24. The summed E-state index contributed by atoms with van der Waals surface area (Å²) in [5.74, 6) is 1.15. The Bertz CT molecular complexity index is 691. The molecular formula is C13H14N6. The van der Waals surface area contributed by atoms with Gasteiger partial charge >= 0.3 is 0 Å². The summed E-state index contributed by atoms with van der Waals surface area (Å²) in [6.45, 7) is 0.456. The molecule has 6 heteroatoms. The number of fused-ring (bicyclic) bond motifs is 1. The molecule has 19 heavy (non-hydrogen) atoms. The maximum atomic E-state index is 5.87. The highest BCUT2D eigenvalue weighted by molar-refractivity contribution is 5.81. The Morgan fingerprint density at radius 2 is 1.95 bits per heavy atom. The number of H-pyrrole nitrogens is 1. The molecule has 0 bridgehead atoms. The molecular weight excluding hydrogens is 240 g/mol. The predicted octanol–water partition coefficient (Wildman–Crippen LogP) is 1.03. The second-order valence-corrected chi connectivity index (χ2v) is 4.28. The quantitative estimate of drug-likeness (QED) is 0.647. The SMILES string of the molecule is NCC(c1ccccc1)c1nc2ncnc(N)c2[nH]1. The number of nitrogens with zero attached hydrogens (tertiary/aromatic N) is 3. The van der Waals surface area contributed by atoms with Crippen molar-refractivity contribution in [3.05, 3.63) is 48.0 Å². The molecule has 3 rings (SSSR count). The monoisotopic (exact) mass is 254 g/mol. The van der Waals surface area contributed by atoms with Crippen LogP contribution in [0.5, 0.6) is 0 Å². The fourth-order valence-electron chi connectivity index (χ4n) is 2.12. The average molecular weight is 254 g/mol. The number of imidazole rings is 1. The van der Waals surface area contributed by atoms with E-state index < -0.39 is 0 Å². The molecule has 0 saturated carbocycles. The minimum Gasteiger partial charge on any atom is -0.382 e. The molecule has 1 unspecified atom stereocenters. The Kier molecular flexibility index (Phi) is 2.85. The molecule has 0 aliphatic rings. The first-order chi connectivity index (χ1) is 9.29. The summed E-state index contributed by atoms with van der Waals surface area (Å²) in [5.41, 5.74) is 14.0. The van der Waals surface area contributed by atoms with Crippen molar-refractivity contribution in [2.75, 3.05) is 12.3 Å². The van der Waals surface area contributed by atoms with E-state index in [1.807, 2.05) is 30.3 Å². The van der Waals surface area contributed by atoms with Crippen LogP contribution in [0, 0.1) is 0 Å². The number of hydrogen-bond donors (Lipinski definition) is 3. The topological polar surface area (TPSA) is 106 Å². The van der Waals surface area contributed by atoms with Crippen molar-refractivity contribution in [2.24, 2.45) is 5.73 Å². The van der Waals surface area contributed by atoms with Gasteiger partial charge in [0.1, 0.15) is 17.7 Å². The molecule has 0 radical (unpaired) electrons. The summed E-state index contributed by atoms with van der Waals surface area (Å²) in [6, 6.07) is 9.99. The van der Waals surface area contributed by atoms with Gasteiger partial charge in [-0.2, -0.15) is 0 Å².